The van der Waals surface area contributed by atoms with Crippen molar-refractivity contribution in [2.24, 2.45) is 0 Å². The Kier molecular flexibility index (Phi) is 2.73. The fourth-order valence-electron chi connectivity index (χ4n) is 2.08. The van der Waals surface area contributed by atoms with Crippen LogP contribution in [-0.4, -0.2) is 16.2 Å². The lowest BCUT2D eigenvalue weighted by molar-refractivity contribution is -0.139. The van der Waals surface area contributed by atoms with E-state index in [0.717, 1.165) is 24.8 Å². The van der Waals surface area contributed by atoms with Crippen LogP contribution in [-0.2, 0) is 17.6 Å². The van der Waals surface area contributed by atoms with Gasteiger partial charge in [0.1, 0.15) is 0 Å². The number of aryl methyl sites for hydroxylation is 2. The third kappa shape index (κ3) is 2.18. The maximum atomic E-state index is 10.5. The molecule has 0 aliphatic heterocycles. The molecule has 15 heavy (non-hydrogen) atoms. The fraction of sp³-hybridized carbons (Fsp3) is 0.417. The number of rotatable bonds is 3. The molecule has 1 aromatic rings. The standard InChI is InChI=1S/C12H14O3/c13-11(7-12(14)15)10-5-4-8-2-1-3-9(8)6-10/h4-6,11,13H,1-3,7H2,(H,14,15). The van der Waals surface area contributed by atoms with E-state index in [9.17, 15) is 9.90 Å². The summed E-state index contributed by atoms with van der Waals surface area (Å²) in [6.45, 7) is 0. The number of fused-ring (bicyclic) bond motifs is 1. The highest BCUT2D eigenvalue weighted by molar-refractivity contribution is 5.67. The van der Waals surface area contributed by atoms with Gasteiger partial charge in [0, 0.05) is 0 Å². The van der Waals surface area contributed by atoms with Crippen molar-refractivity contribution in [2.75, 3.05) is 0 Å². The first kappa shape index (κ1) is 10.2. The van der Waals surface area contributed by atoms with Crippen molar-refractivity contribution >= 4 is 5.97 Å². The van der Waals surface area contributed by atoms with E-state index in [1.54, 1.807) is 0 Å². The van der Waals surface area contributed by atoms with E-state index in [2.05, 4.69) is 0 Å². The van der Waals surface area contributed by atoms with Gasteiger partial charge in [-0.1, -0.05) is 18.2 Å². The van der Waals surface area contributed by atoms with Crippen LogP contribution >= 0.6 is 0 Å². The average molecular weight is 206 g/mol. The van der Waals surface area contributed by atoms with Gasteiger partial charge in [-0.25, -0.2) is 0 Å². The molecule has 1 aliphatic rings. The molecule has 1 unspecified atom stereocenters. The largest absolute Gasteiger partial charge is 0.481 e. The molecule has 0 bridgehead atoms. The van der Waals surface area contributed by atoms with E-state index >= 15 is 0 Å². The van der Waals surface area contributed by atoms with Gasteiger partial charge in [0.2, 0.25) is 0 Å². The summed E-state index contributed by atoms with van der Waals surface area (Å²) >= 11 is 0. The Labute approximate surface area is 88.4 Å². The number of hydrogen-bond donors (Lipinski definition) is 2. The summed E-state index contributed by atoms with van der Waals surface area (Å²) < 4.78 is 0. The number of aliphatic hydroxyl groups excluding tert-OH is 1. The van der Waals surface area contributed by atoms with Crippen LogP contribution in [0.25, 0.3) is 0 Å². The van der Waals surface area contributed by atoms with Crippen LogP contribution in [0.15, 0.2) is 18.2 Å². The lowest BCUT2D eigenvalue weighted by Gasteiger charge is -2.10. The fourth-order valence-corrected chi connectivity index (χ4v) is 2.08. The number of carbonyl (C=O) groups is 1. The Morgan fingerprint density at radius 2 is 2.07 bits per heavy atom. The van der Waals surface area contributed by atoms with Crippen molar-refractivity contribution in [1.29, 1.82) is 0 Å². The minimum Gasteiger partial charge on any atom is -0.481 e. The van der Waals surface area contributed by atoms with Gasteiger partial charge in [0.15, 0.2) is 0 Å². The molecule has 80 valence electrons. The first-order chi connectivity index (χ1) is 7.16. The number of carboxylic acids is 1. The Morgan fingerprint density at radius 1 is 1.33 bits per heavy atom. The first-order valence-electron chi connectivity index (χ1n) is 5.18. The third-order valence-corrected chi connectivity index (χ3v) is 2.88. The smallest absolute Gasteiger partial charge is 0.306 e. The molecule has 0 saturated heterocycles. The van der Waals surface area contributed by atoms with Gasteiger partial charge in [0.05, 0.1) is 12.5 Å². The van der Waals surface area contributed by atoms with E-state index in [4.69, 9.17) is 5.11 Å². The van der Waals surface area contributed by atoms with Gasteiger partial charge in [-0.3, -0.25) is 4.79 Å². The lowest BCUT2D eigenvalue weighted by Crippen LogP contribution is -2.05. The number of aliphatic carboxylic acids is 1. The maximum Gasteiger partial charge on any atom is 0.306 e. The third-order valence-electron chi connectivity index (χ3n) is 2.88. The quantitative estimate of drug-likeness (QED) is 0.791. The van der Waals surface area contributed by atoms with Crippen LogP contribution in [0.3, 0.4) is 0 Å². The summed E-state index contributed by atoms with van der Waals surface area (Å²) in [5, 5.41) is 18.2. The minimum absolute atomic E-state index is 0.223. The predicted molar refractivity (Wildman–Crippen MR) is 55.7 cm³/mol. The molecule has 0 saturated carbocycles. The number of benzene rings is 1. The second-order valence-electron chi connectivity index (χ2n) is 4.00. The van der Waals surface area contributed by atoms with Gasteiger partial charge in [0.25, 0.3) is 0 Å². The second kappa shape index (κ2) is 4.03. The summed E-state index contributed by atoms with van der Waals surface area (Å²) in [5.41, 5.74) is 3.32. The number of hydrogen-bond acceptors (Lipinski definition) is 2. The summed E-state index contributed by atoms with van der Waals surface area (Å²) in [4.78, 5) is 10.5. The van der Waals surface area contributed by atoms with E-state index in [-0.39, 0.29) is 6.42 Å². The van der Waals surface area contributed by atoms with Crippen molar-refractivity contribution in [2.45, 2.75) is 31.8 Å². The molecule has 1 aromatic carbocycles. The molecule has 0 spiro atoms. The highest BCUT2D eigenvalue weighted by Crippen LogP contribution is 2.26. The molecule has 1 atom stereocenters. The topological polar surface area (TPSA) is 57.5 Å². The molecule has 3 heteroatoms. The van der Waals surface area contributed by atoms with Crippen molar-refractivity contribution in [3.05, 3.63) is 34.9 Å². The summed E-state index contributed by atoms with van der Waals surface area (Å²) in [7, 11) is 0. The van der Waals surface area contributed by atoms with Crippen molar-refractivity contribution in [1.82, 2.24) is 0 Å². The van der Waals surface area contributed by atoms with Gasteiger partial charge in [-0.2, -0.15) is 0 Å². The molecule has 0 radical (unpaired) electrons. The molecule has 1 aliphatic carbocycles. The summed E-state index contributed by atoms with van der Waals surface area (Å²) in [5.74, 6) is -0.969. The molecule has 2 N–H and O–H groups in total. The molecule has 2 rings (SSSR count). The molecule has 0 fully saturated rings. The molecular weight excluding hydrogens is 192 g/mol. The summed E-state index contributed by atoms with van der Waals surface area (Å²) in [6, 6.07) is 5.77. The molecule has 0 heterocycles. The van der Waals surface area contributed by atoms with Crippen LogP contribution < -0.4 is 0 Å². The monoisotopic (exact) mass is 206 g/mol. The zero-order valence-electron chi connectivity index (χ0n) is 8.44. The highest BCUT2D eigenvalue weighted by Gasteiger charge is 2.16. The van der Waals surface area contributed by atoms with Gasteiger partial charge in [-0.05, 0) is 36.0 Å². The Hall–Kier alpha value is -1.35. The molecule has 3 nitrogen and oxygen atoms in total. The van der Waals surface area contributed by atoms with E-state index in [1.165, 1.54) is 11.1 Å². The Bertz CT molecular complexity index is 384. The molecule has 0 aromatic heterocycles. The van der Waals surface area contributed by atoms with Gasteiger partial charge in [-0.15, -0.1) is 0 Å². The Balaban J connectivity index is 2.19. The van der Waals surface area contributed by atoms with E-state index in [0.29, 0.717) is 0 Å². The highest BCUT2D eigenvalue weighted by atomic mass is 16.4. The van der Waals surface area contributed by atoms with Crippen LogP contribution in [0.2, 0.25) is 0 Å². The number of carboxylic acid groups (broad SMARTS) is 1. The maximum absolute atomic E-state index is 10.5. The van der Waals surface area contributed by atoms with Crippen molar-refractivity contribution in [3.63, 3.8) is 0 Å². The summed E-state index contributed by atoms with van der Waals surface area (Å²) in [6.07, 6.45) is 2.20. The minimum atomic E-state index is -0.969. The normalized spacial score (nSPS) is 16.1. The molecular formula is C12H14O3. The van der Waals surface area contributed by atoms with Crippen molar-refractivity contribution < 1.29 is 15.0 Å². The van der Waals surface area contributed by atoms with Crippen LogP contribution in [0.4, 0.5) is 0 Å². The molecule has 0 amide bonds. The zero-order valence-corrected chi connectivity index (χ0v) is 8.44. The van der Waals surface area contributed by atoms with Crippen molar-refractivity contribution in [3.8, 4) is 0 Å². The second-order valence-corrected chi connectivity index (χ2v) is 4.00. The zero-order chi connectivity index (χ0) is 10.8. The van der Waals surface area contributed by atoms with Gasteiger partial charge < -0.3 is 10.2 Å². The SMILES string of the molecule is O=C(O)CC(O)c1ccc2c(c1)CCC2. The first-order valence-corrected chi connectivity index (χ1v) is 5.18. The van der Waals surface area contributed by atoms with Crippen LogP contribution in [0.5, 0.6) is 0 Å². The van der Waals surface area contributed by atoms with Gasteiger partial charge >= 0.3 is 5.97 Å². The Morgan fingerprint density at radius 3 is 2.80 bits per heavy atom. The van der Waals surface area contributed by atoms with E-state index in [1.807, 2.05) is 18.2 Å². The van der Waals surface area contributed by atoms with Crippen LogP contribution in [0, 0.1) is 0 Å². The van der Waals surface area contributed by atoms with Crippen LogP contribution in [0.1, 0.15) is 35.6 Å². The van der Waals surface area contributed by atoms with E-state index < -0.39 is 12.1 Å². The lowest BCUT2D eigenvalue weighted by atomic mass is 10.0. The number of aliphatic hydroxyl groups is 1. The predicted octanol–water partition coefficient (Wildman–Crippen LogP) is 1.68. The average Bonchev–Trinajstić information content (AvgIpc) is 2.62.